The first-order chi connectivity index (χ1) is 14.2. The number of Topliss-reactive ketones (excluding diaryl/α,β-unsaturated/α-hetero) is 1. The van der Waals surface area contributed by atoms with Crippen LogP contribution in [0.4, 0.5) is 0 Å². The lowest BCUT2D eigenvalue weighted by Crippen LogP contribution is -2.11. The van der Waals surface area contributed by atoms with Crippen molar-refractivity contribution in [1.82, 2.24) is 0 Å². The number of ketones is 1. The number of para-hydroxylation sites is 1. The number of benzene rings is 1. The molecule has 1 aromatic rings. The van der Waals surface area contributed by atoms with Crippen molar-refractivity contribution in [3.63, 3.8) is 0 Å². The highest BCUT2D eigenvalue weighted by atomic mass is 16.5. The zero-order valence-electron chi connectivity index (χ0n) is 18.8. The van der Waals surface area contributed by atoms with Crippen LogP contribution in [0.5, 0.6) is 5.75 Å². The molecule has 0 fully saturated rings. The quantitative estimate of drug-likeness (QED) is 0.108. The van der Waals surface area contributed by atoms with Gasteiger partial charge in [-0.2, -0.15) is 0 Å². The topological polar surface area (TPSA) is 43.4 Å². The van der Waals surface area contributed by atoms with E-state index in [1.807, 2.05) is 12.1 Å². The van der Waals surface area contributed by atoms with Crippen LogP contribution >= 0.6 is 0 Å². The minimum atomic E-state index is -0.227. The number of hydrogen-bond donors (Lipinski definition) is 0. The molecular weight excluding hydrogens is 360 g/mol. The van der Waals surface area contributed by atoms with Crippen molar-refractivity contribution >= 4 is 11.8 Å². The van der Waals surface area contributed by atoms with Crippen LogP contribution in [0.2, 0.25) is 0 Å². The lowest BCUT2D eigenvalue weighted by Gasteiger charge is -2.09. The summed E-state index contributed by atoms with van der Waals surface area (Å²) < 4.78 is 5.52. The number of carbonyl (C=O) groups excluding carboxylic acids is 2. The van der Waals surface area contributed by atoms with Crippen molar-refractivity contribution in [2.24, 2.45) is 0 Å². The molecule has 0 saturated heterocycles. The average molecular weight is 403 g/mol. The van der Waals surface area contributed by atoms with E-state index in [4.69, 9.17) is 4.74 Å². The first-order valence-electron chi connectivity index (χ1n) is 12.0. The maximum Gasteiger partial charge on any atom is 0.311 e. The molecule has 0 aliphatic heterocycles. The Bertz CT molecular complexity index is 565. The molecule has 0 aliphatic rings. The fourth-order valence-corrected chi connectivity index (χ4v) is 3.56. The number of ether oxygens (including phenoxy) is 1. The van der Waals surface area contributed by atoms with Crippen LogP contribution in [0.3, 0.4) is 0 Å². The molecule has 29 heavy (non-hydrogen) atoms. The Balaban J connectivity index is 2.31. The summed E-state index contributed by atoms with van der Waals surface area (Å²) in [7, 11) is 0. The Labute approximate surface area is 178 Å². The summed E-state index contributed by atoms with van der Waals surface area (Å²) >= 11 is 0. The van der Waals surface area contributed by atoms with E-state index < -0.39 is 0 Å². The molecule has 0 radical (unpaired) electrons. The zero-order valence-corrected chi connectivity index (χ0v) is 18.8. The summed E-state index contributed by atoms with van der Waals surface area (Å²) in [6, 6.07) is 7.17. The van der Waals surface area contributed by atoms with E-state index in [-0.39, 0.29) is 11.8 Å². The second kappa shape index (κ2) is 17.2. The highest BCUT2D eigenvalue weighted by Gasteiger charge is 2.14. The molecule has 0 aromatic heterocycles. The van der Waals surface area contributed by atoms with Crippen LogP contribution < -0.4 is 4.74 Å². The predicted molar refractivity (Wildman–Crippen MR) is 122 cm³/mol. The summed E-state index contributed by atoms with van der Waals surface area (Å²) in [5, 5.41) is 0. The van der Waals surface area contributed by atoms with Gasteiger partial charge < -0.3 is 4.74 Å². The molecule has 0 aliphatic carbocycles. The van der Waals surface area contributed by atoms with Gasteiger partial charge in [-0.1, -0.05) is 103 Å². The number of hydrogen-bond acceptors (Lipinski definition) is 3. The molecular formula is C26H42O3. The number of carbonyl (C=O) groups is 2. The second-order valence-electron chi connectivity index (χ2n) is 8.14. The van der Waals surface area contributed by atoms with E-state index in [1.165, 1.54) is 64.2 Å². The summed E-state index contributed by atoms with van der Waals surface area (Å²) in [6.45, 7) is 4.44. The molecule has 1 rings (SSSR count). The van der Waals surface area contributed by atoms with Crippen molar-refractivity contribution in [2.45, 2.75) is 117 Å². The van der Waals surface area contributed by atoms with Gasteiger partial charge in [-0.3, -0.25) is 9.59 Å². The molecule has 0 atom stereocenters. The molecule has 0 heterocycles. The fourth-order valence-electron chi connectivity index (χ4n) is 3.56. The standard InChI is InChI=1S/C26H42O3/c1-3-5-7-9-11-13-15-20-24(27)23-19-17-18-21-25(23)29-26(28)22-16-14-12-10-8-6-4-2/h17-19,21H,3-16,20,22H2,1-2H3. The summed E-state index contributed by atoms with van der Waals surface area (Å²) in [5.74, 6) is 0.279. The van der Waals surface area contributed by atoms with Crippen molar-refractivity contribution in [3.8, 4) is 5.75 Å². The van der Waals surface area contributed by atoms with Gasteiger partial charge in [0, 0.05) is 12.8 Å². The van der Waals surface area contributed by atoms with Crippen molar-refractivity contribution < 1.29 is 14.3 Å². The van der Waals surface area contributed by atoms with E-state index in [0.717, 1.165) is 25.7 Å². The Morgan fingerprint density at radius 3 is 1.72 bits per heavy atom. The minimum absolute atomic E-state index is 0.0814. The molecule has 1 aromatic carbocycles. The van der Waals surface area contributed by atoms with Gasteiger partial charge in [-0.15, -0.1) is 0 Å². The van der Waals surface area contributed by atoms with Crippen molar-refractivity contribution in [1.29, 1.82) is 0 Å². The van der Waals surface area contributed by atoms with Gasteiger partial charge in [0.25, 0.3) is 0 Å². The first-order valence-corrected chi connectivity index (χ1v) is 12.0. The lowest BCUT2D eigenvalue weighted by atomic mass is 10.0. The highest BCUT2D eigenvalue weighted by molar-refractivity contribution is 5.99. The van der Waals surface area contributed by atoms with Crippen LogP contribution in [-0.4, -0.2) is 11.8 Å². The van der Waals surface area contributed by atoms with Crippen LogP contribution in [0.15, 0.2) is 24.3 Å². The Kier molecular flexibility index (Phi) is 15.1. The number of unbranched alkanes of at least 4 members (excludes halogenated alkanes) is 12. The van der Waals surface area contributed by atoms with E-state index in [2.05, 4.69) is 13.8 Å². The fraction of sp³-hybridized carbons (Fsp3) is 0.692. The lowest BCUT2D eigenvalue weighted by molar-refractivity contribution is -0.134. The van der Waals surface area contributed by atoms with E-state index >= 15 is 0 Å². The van der Waals surface area contributed by atoms with Crippen LogP contribution in [0, 0.1) is 0 Å². The smallest absolute Gasteiger partial charge is 0.311 e. The summed E-state index contributed by atoms with van der Waals surface area (Å²) in [6.07, 6.45) is 17.5. The third-order valence-corrected chi connectivity index (χ3v) is 5.40. The van der Waals surface area contributed by atoms with E-state index in [1.54, 1.807) is 12.1 Å². The normalized spacial score (nSPS) is 10.8. The van der Waals surface area contributed by atoms with Crippen LogP contribution in [0.1, 0.15) is 127 Å². The van der Waals surface area contributed by atoms with Crippen molar-refractivity contribution in [2.75, 3.05) is 0 Å². The van der Waals surface area contributed by atoms with Gasteiger partial charge in [-0.25, -0.2) is 0 Å². The monoisotopic (exact) mass is 402 g/mol. The molecule has 164 valence electrons. The average Bonchev–Trinajstić information content (AvgIpc) is 2.72. The van der Waals surface area contributed by atoms with Gasteiger partial charge in [0.15, 0.2) is 5.78 Å². The molecule has 0 spiro atoms. The van der Waals surface area contributed by atoms with E-state index in [9.17, 15) is 9.59 Å². The third-order valence-electron chi connectivity index (χ3n) is 5.40. The molecule has 3 heteroatoms. The molecule has 0 bridgehead atoms. The number of rotatable bonds is 18. The largest absolute Gasteiger partial charge is 0.426 e. The Morgan fingerprint density at radius 1 is 0.655 bits per heavy atom. The summed E-state index contributed by atoms with van der Waals surface area (Å²) in [4.78, 5) is 24.8. The van der Waals surface area contributed by atoms with Gasteiger partial charge in [0.2, 0.25) is 0 Å². The molecule has 0 saturated carbocycles. The van der Waals surface area contributed by atoms with Gasteiger partial charge in [0.1, 0.15) is 5.75 Å². The predicted octanol–water partition coefficient (Wildman–Crippen LogP) is 8.06. The maximum absolute atomic E-state index is 12.6. The van der Waals surface area contributed by atoms with E-state index in [0.29, 0.717) is 24.2 Å². The molecule has 3 nitrogen and oxygen atoms in total. The Hall–Kier alpha value is -1.64. The van der Waals surface area contributed by atoms with Crippen LogP contribution in [-0.2, 0) is 4.79 Å². The third kappa shape index (κ3) is 12.5. The first kappa shape index (κ1) is 25.4. The summed E-state index contributed by atoms with van der Waals surface area (Å²) in [5.41, 5.74) is 0.548. The zero-order chi connectivity index (χ0) is 21.2. The molecule has 0 amide bonds. The number of esters is 1. The second-order valence-corrected chi connectivity index (χ2v) is 8.14. The minimum Gasteiger partial charge on any atom is -0.426 e. The van der Waals surface area contributed by atoms with Gasteiger partial charge >= 0.3 is 5.97 Å². The highest BCUT2D eigenvalue weighted by Crippen LogP contribution is 2.22. The van der Waals surface area contributed by atoms with Gasteiger partial charge in [0.05, 0.1) is 5.56 Å². The SMILES string of the molecule is CCCCCCCCCC(=O)Oc1ccccc1C(=O)CCCCCCCCC. The maximum atomic E-state index is 12.6. The molecule has 0 N–H and O–H groups in total. The Morgan fingerprint density at radius 2 is 1.14 bits per heavy atom. The van der Waals surface area contributed by atoms with Crippen LogP contribution in [0.25, 0.3) is 0 Å². The van der Waals surface area contributed by atoms with Gasteiger partial charge in [-0.05, 0) is 25.0 Å². The molecule has 0 unspecified atom stereocenters. The van der Waals surface area contributed by atoms with Crippen molar-refractivity contribution in [3.05, 3.63) is 29.8 Å².